The van der Waals surface area contributed by atoms with Gasteiger partial charge in [-0.15, -0.1) is 0 Å². The number of hydrogen-bond acceptors (Lipinski definition) is 4. The topological polar surface area (TPSA) is 52.6 Å². The fraction of sp³-hybridized carbons (Fsp3) is 0.0968. The third kappa shape index (κ3) is 9.94. The molecule has 0 aromatic heterocycles. The summed E-state index contributed by atoms with van der Waals surface area (Å²) in [6.45, 7) is 3.92. The molecule has 9 aromatic rings. The molecule has 0 heterocycles. The number of halogens is 3. The molecule has 0 aliphatic carbocycles. The Morgan fingerprint density at radius 3 is 0.736 bits per heavy atom. The van der Waals surface area contributed by atoms with Crippen molar-refractivity contribution in [2.24, 2.45) is 11.8 Å². The Bertz CT molecular complexity index is 2770. The zero-order valence-electron chi connectivity index (χ0n) is 40.0. The predicted molar refractivity (Wildman–Crippen MR) is 307 cm³/mol. The average molecular weight is 1320 g/mol. The van der Waals surface area contributed by atoms with Gasteiger partial charge in [-0.2, -0.15) is 0 Å². The maximum atomic E-state index is 16.2. The fourth-order valence-corrected chi connectivity index (χ4v) is 50.5. The summed E-state index contributed by atoms with van der Waals surface area (Å²) in [5, 5.41) is 2.41. The second-order valence-electron chi connectivity index (χ2n) is 18.4. The van der Waals surface area contributed by atoms with E-state index in [0.29, 0.717) is 35.4 Å². The van der Waals surface area contributed by atoms with Gasteiger partial charge in [-0.1, -0.05) is 0 Å². The number of hydrogen-bond donors (Lipinski definition) is 0. The summed E-state index contributed by atoms with van der Waals surface area (Å²) in [5.41, 5.74) is 0. The molecular formula is C62H54BiCl3Ge2O4. The molecule has 360 valence electrons. The summed E-state index contributed by atoms with van der Waals surface area (Å²) in [6.07, 6.45) is 0. The van der Waals surface area contributed by atoms with Gasteiger partial charge in [-0.25, -0.2) is 0 Å². The molecule has 0 N–H and O–H groups in total. The standard InChI is InChI=1S/2C22H22GeO2.3C6H4Cl.Bi/c2*1-18(22(24)25)17-23(19-11-5-2-6-12-19,20-13-7-3-8-14-20)21-15-9-4-10-16-21;3*7-6-4-2-1-3-5-6;/h2*2-16,18H,17H2,1H3,(H,24,25);3*2-5H;/q;;;;;+2/p-2. The van der Waals surface area contributed by atoms with Crippen molar-refractivity contribution in [2.45, 2.75) is 24.4 Å². The molecule has 0 aliphatic rings. The van der Waals surface area contributed by atoms with Crippen molar-refractivity contribution >= 4 is 129 Å². The van der Waals surface area contributed by atoms with Crippen LogP contribution in [0.2, 0.25) is 25.6 Å². The van der Waals surface area contributed by atoms with Crippen LogP contribution in [0, 0.1) is 11.8 Å². The van der Waals surface area contributed by atoms with Crippen molar-refractivity contribution in [1.82, 2.24) is 0 Å². The fourth-order valence-electron chi connectivity index (χ4n) is 10.6. The van der Waals surface area contributed by atoms with Crippen LogP contribution in [0.3, 0.4) is 0 Å². The van der Waals surface area contributed by atoms with Gasteiger partial charge >= 0.3 is 450 Å². The average Bonchev–Trinajstić information content (AvgIpc) is 3.43. The van der Waals surface area contributed by atoms with E-state index in [2.05, 4.69) is 146 Å². The molecule has 0 aliphatic heterocycles. The quantitative estimate of drug-likeness (QED) is 0.0854. The van der Waals surface area contributed by atoms with E-state index in [0.717, 1.165) is 0 Å². The molecule has 0 fully saturated rings. The molecule has 0 bridgehead atoms. The van der Waals surface area contributed by atoms with Crippen LogP contribution in [-0.4, -0.2) is 58.1 Å². The van der Waals surface area contributed by atoms with Gasteiger partial charge < -0.3 is 0 Å². The van der Waals surface area contributed by atoms with Gasteiger partial charge in [0, 0.05) is 0 Å². The van der Waals surface area contributed by atoms with Crippen molar-refractivity contribution in [3.05, 3.63) is 270 Å². The van der Waals surface area contributed by atoms with E-state index in [-0.39, 0.29) is 0 Å². The van der Waals surface area contributed by atoms with E-state index < -0.39 is 70.0 Å². The number of benzene rings is 9. The Labute approximate surface area is 446 Å². The van der Waals surface area contributed by atoms with Gasteiger partial charge in [0.2, 0.25) is 0 Å². The molecular weight excluding hydrogens is 1270 g/mol. The Kier molecular flexibility index (Phi) is 16.1. The molecule has 2 unspecified atom stereocenters. The summed E-state index contributed by atoms with van der Waals surface area (Å²) in [6, 6.07) is 85.3. The van der Waals surface area contributed by atoms with Gasteiger partial charge in [0.1, 0.15) is 0 Å². The number of carbonyl (C=O) groups excluding carboxylic acids is 2. The molecule has 2 atom stereocenters. The molecule has 0 spiro atoms. The summed E-state index contributed by atoms with van der Waals surface area (Å²) in [7, 11) is 0. The van der Waals surface area contributed by atoms with Crippen molar-refractivity contribution in [2.75, 3.05) is 0 Å². The van der Waals surface area contributed by atoms with Gasteiger partial charge in [0.15, 0.2) is 0 Å². The van der Waals surface area contributed by atoms with Crippen LogP contribution in [0.25, 0.3) is 0 Å². The Hall–Kier alpha value is -5.24. The van der Waals surface area contributed by atoms with E-state index in [1.165, 1.54) is 26.4 Å². The van der Waals surface area contributed by atoms with Gasteiger partial charge in [0.05, 0.1) is 0 Å². The first-order chi connectivity index (χ1) is 35.0. The van der Waals surface area contributed by atoms with Gasteiger partial charge in [-0.3, -0.25) is 0 Å². The van der Waals surface area contributed by atoms with E-state index in [4.69, 9.17) is 40.4 Å². The van der Waals surface area contributed by atoms with Crippen LogP contribution in [0.15, 0.2) is 255 Å². The van der Waals surface area contributed by atoms with Crippen LogP contribution in [-0.2, 0) is 15.2 Å². The first kappa shape index (κ1) is 51.7. The molecule has 72 heavy (non-hydrogen) atoms. The third-order valence-electron chi connectivity index (χ3n) is 14.0. The Balaban J connectivity index is 1.26. The predicted octanol–water partition coefficient (Wildman–Crippen LogP) is 9.76. The minimum absolute atomic E-state index is 0.472. The number of carbonyl (C=O) groups is 2. The molecule has 10 heteroatoms. The molecule has 0 saturated carbocycles. The summed E-state index contributed by atoms with van der Waals surface area (Å²) in [4.78, 5) is 32.4. The van der Waals surface area contributed by atoms with E-state index >= 15 is 9.59 Å². The monoisotopic (exact) mass is 1320 g/mol. The van der Waals surface area contributed by atoms with Crippen molar-refractivity contribution < 1.29 is 15.2 Å². The zero-order chi connectivity index (χ0) is 50.2. The third-order valence-corrected chi connectivity index (χ3v) is 55.1. The molecule has 9 aromatic carbocycles. The zero-order valence-corrected chi connectivity index (χ0v) is 50.0. The van der Waals surface area contributed by atoms with E-state index in [1.54, 1.807) is 36.4 Å². The van der Waals surface area contributed by atoms with Crippen molar-refractivity contribution in [3.63, 3.8) is 0 Å². The Morgan fingerprint density at radius 2 is 0.542 bits per heavy atom. The minimum atomic E-state index is -6.88. The van der Waals surface area contributed by atoms with Crippen LogP contribution in [0.4, 0.5) is 0 Å². The van der Waals surface area contributed by atoms with Crippen LogP contribution in [0.5, 0.6) is 0 Å². The van der Waals surface area contributed by atoms with Gasteiger partial charge in [-0.05, 0) is 0 Å². The van der Waals surface area contributed by atoms with E-state index in [1.807, 2.05) is 86.6 Å². The van der Waals surface area contributed by atoms with Crippen molar-refractivity contribution in [3.8, 4) is 0 Å². The van der Waals surface area contributed by atoms with Crippen molar-refractivity contribution in [1.29, 1.82) is 0 Å². The van der Waals surface area contributed by atoms with E-state index in [9.17, 15) is 0 Å². The van der Waals surface area contributed by atoms with Crippen LogP contribution < -0.4 is 36.2 Å². The Morgan fingerprint density at radius 1 is 0.347 bits per heavy atom. The molecule has 0 saturated heterocycles. The molecule has 0 radical (unpaired) electrons. The first-order valence-electron chi connectivity index (χ1n) is 24.1. The number of rotatable bonds is 17. The normalized spacial score (nSPS) is 13.2. The summed E-state index contributed by atoms with van der Waals surface area (Å²) >= 11 is 5.75. The summed E-state index contributed by atoms with van der Waals surface area (Å²) in [5.74, 6) is -2.35. The second-order valence-corrected chi connectivity index (χ2v) is 51.2. The molecule has 4 nitrogen and oxygen atoms in total. The SMILES string of the molecule is CC([CH2][Ge]([c]1ccccc1)([c]1ccccc1)[c]1ccccc1)C(=O)[O][Bi]([O]C(=O)C(C)[CH2][Ge]([c]1ccccc1)([c]1ccccc1)[c]1ccccc1)([c]1ccc(Cl)cc1)([c]1ccc(Cl)cc1)[c]1ccc(Cl)cc1. The molecule has 9 rings (SSSR count). The van der Waals surface area contributed by atoms with Crippen LogP contribution in [0.1, 0.15) is 13.8 Å². The maximum absolute atomic E-state index is 16.2. The first-order valence-corrected chi connectivity index (χ1v) is 42.6. The summed E-state index contributed by atoms with van der Waals surface area (Å²) < 4.78 is 24.2. The van der Waals surface area contributed by atoms with Gasteiger partial charge in [0.25, 0.3) is 0 Å². The molecule has 0 amide bonds. The van der Waals surface area contributed by atoms with Crippen LogP contribution >= 0.6 is 34.8 Å². The second kappa shape index (κ2) is 22.5.